The van der Waals surface area contributed by atoms with Gasteiger partial charge in [-0.1, -0.05) is 0 Å². The van der Waals surface area contributed by atoms with E-state index in [0.29, 0.717) is 5.41 Å². The number of carbonyl (C=O) groups excluding carboxylic acids is 1. The van der Waals surface area contributed by atoms with Gasteiger partial charge in [0.1, 0.15) is 6.61 Å². The molecule has 0 unspecified atom stereocenters. The van der Waals surface area contributed by atoms with Gasteiger partial charge in [0.15, 0.2) is 0 Å². The first kappa shape index (κ1) is 13.7. The van der Waals surface area contributed by atoms with Crippen molar-refractivity contribution in [2.75, 3.05) is 39.9 Å². The van der Waals surface area contributed by atoms with Crippen molar-refractivity contribution >= 4 is 18.3 Å². The molecular formula is C11H21ClN2O2. The summed E-state index contributed by atoms with van der Waals surface area (Å²) in [6.07, 6.45) is 3.59. The largest absolute Gasteiger partial charge is 0.375 e. The van der Waals surface area contributed by atoms with Crippen LogP contribution in [0.3, 0.4) is 0 Å². The third-order valence-electron chi connectivity index (χ3n) is 3.72. The predicted molar refractivity (Wildman–Crippen MR) is 64.9 cm³/mol. The maximum absolute atomic E-state index is 11.7. The van der Waals surface area contributed by atoms with Crippen molar-refractivity contribution in [3.63, 3.8) is 0 Å². The third kappa shape index (κ3) is 2.87. The quantitative estimate of drug-likeness (QED) is 0.781. The van der Waals surface area contributed by atoms with Gasteiger partial charge in [0.05, 0.1) is 0 Å². The van der Waals surface area contributed by atoms with E-state index in [1.54, 1.807) is 7.11 Å². The lowest BCUT2D eigenvalue weighted by molar-refractivity contribution is -0.134. The normalized spacial score (nSPS) is 23.2. The first-order valence-corrected chi connectivity index (χ1v) is 5.73. The van der Waals surface area contributed by atoms with E-state index in [9.17, 15) is 4.79 Å². The average Bonchev–Trinajstić information content (AvgIpc) is 2.64. The zero-order valence-corrected chi connectivity index (χ0v) is 10.6. The minimum Gasteiger partial charge on any atom is -0.375 e. The van der Waals surface area contributed by atoms with E-state index >= 15 is 0 Å². The zero-order chi connectivity index (χ0) is 10.7. The van der Waals surface area contributed by atoms with Gasteiger partial charge in [0.25, 0.3) is 0 Å². The van der Waals surface area contributed by atoms with Crippen molar-refractivity contribution in [3.8, 4) is 0 Å². The van der Waals surface area contributed by atoms with Crippen LogP contribution < -0.4 is 5.32 Å². The number of methoxy groups -OCH3 is 1. The van der Waals surface area contributed by atoms with Gasteiger partial charge in [0.2, 0.25) is 5.91 Å². The van der Waals surface area contributed by atoms with E-state index in [-0.39, 0.29) is 24.9 Å². The standard InChI is InChI=1S/C11H20N2O2.ClH/c1-15-8-10(14)13-7-4-11(9-13)2-5-12-6-3-11;/h12H,2-9H2,1H3;1H. The molecule has 2 saturated heterocycles. The Hall–Kier alpha value is -0.320. The monoisotopic (exact) mass is 248 g/mol. The van der Waals surface area contributed by atoms with Crippen molar-refractivity contribution in [3.05, 3.63) is 0 Å². The second-order valence-corrected chi connectivity index (χ2v) is 4.75. The van der Waals surface area contributed by atoms with Gasteiger partial charge in [-0.2, -0.15) is 0 Å². The maximum Gasteiger partial charge on any atom is 0.248 e. The van der Waals surface area contributed by atoms with Crippen molar-refractivity contribution in [2.24, 2.45) is 5.41 Å². The SMILES string of the molecule is COCC(=O)N1CCC2(CCNCC2)C1.Cl. The molecule has 2 fully saturated rings. The van der Waals surface area contributed by atoms with E-state index in [4.69, 9.17) is 4.74 Å². The number of halogens is 1. The van der Waals surface area contributed by atoms with Crippen LogP contribution in [0.2, 0.25) is 0 Å². The average molecular weight is 249 g/mol. The fraction of sp³-hybridized carbons (Fsp3) is 0.909. The van der Waals surface area contributed by atoms with Gasteiger partial charge in [-0.25, -0.2) is 0 Å². The summed E-state index contributed by atoms with van der Waals surface area (Å²) in [4.78, 5) is 13.6. The first-order valence-electron chi connectivity index (χ1n) is 5.73. The van der Waals surface area contributed by atoms with E-state index in [1.807, 2.05) is 4.90 Å². The Balaban J connectivity index is 0.00000128. The van der Waals surface area contributed by atoms with Crippen LogP contribution in [-0.2, 0) is 9.53 Å². The van der Waals surface area contributed by atoms with E-state index < -0.39 is 0 Å². The number of nitrogens with one attached hydrogen (secondary N) is 1. The molecule has 0 aromatic carbocycles. The summed E-state index contributed by atoms with van der Waals surface area (Å²) in [5.41, 5.74) is 0.411. The number of carbonyl (C=O) groups is 1. The van der Waals surface area contributed by atoms with Gasteiger partial charge in [-0.15, -0.1) is 12.4 Å². The Kier molecular flexibility index (Phi) is 5.02. The Morgan fingerprint density at radius 3 is 2.69 bits per heavy atom. The molecule has 0 bridgehead atoms. The molecule has 2 aliphatic heterocycles. The van der Waals surface area contributed by atoms with E-state index in [0.717, 1.165) is 26.2 Å². The van der Waals surface area contributed by atoms with Crippen LogP contribution in [-0.4, -0.2) is 50.7 Å². The maximum atomic E-state index is 11.7. The first-order chi connectivity index (χ1) is 7.26. The van der Waals surface area contributed by atoms with Gasteiger partial charge >= 0.3 is 0 Å². The van der Waals surface area contributed by atoms with E-state index in [2.05, 4.69) is 5.32 Å². The molecule has 0 atom stereocenters. The van der Waals surface area contributed by atoms with Crippen molar-refractivity contribution in [1.29, 1.82) is 0 Å². The highest BCUT2D eigenvalue weighted by molar-refractivity contribution is 5.85. The van der Waals surface area contributed by atoms with Crippen LogP contribution in [0.15, 0.2) is 0 Å². The van der Waals surface area contributed by atoms with Crippen LogP contribution in [0, 0.1) is 5.41 Å². The molecule has 0 aromatic heterocycles. The molecule has 2 rings (SSSR count). The molecule has 0 aliphatic carbocycles. The molecule has 4 nitrogen and oxygen atoms in total. The summed E-state index contributed by atoms with van der Waals surface area (Å²) < 4.78 is 4.89. The molecule has 1 N–H and O–H groups in total. The van der Waals surface area contributed by atoms with Crippen molar-refractivity contribution in [2.45, 2.75) is 19.3 Å². The topological polar surface area (TPSA) is 41.6 Å². The zero-order valence-electron chi connectivity index (χ0n) is 9.83. The van der Waals surface area contributed by atoms with Crippen LogP contribution in [0.1, 0.15) is 19.3 Å². The van der Waals surface area contributed by atoms with Gasteiger partial charge in [-0.3, -0.25) is 4.79 Å². The summed E-state index contributed by atoms with van der Waals surface area (Å²) in [7, 11) is 1.58. The number of ether oxygens (including phenoxy) is 1. The Morgan fingerprint density at radius 1 is 1.38 bits per heavy atom. The van der Waals surface area contributed by atoms with E-state index in [1.165, 1.54) is 19.3 Å². The van der Waals surface area contributed by atoms with Crippen LogP contribution in [0.5, 0.6) is 0 Å². The molecule has 5 heteroatoms. The molecule has 0 aromatic rings. The summed E-state index contributed by atoms with van der Waals surface area (Å²) in [5, 5.41) is 3.38. The summed E-state index contributed by atoms with van der Waals surface area (Å²) in [6.45, 7) is 4.30. The minimum absolute atomic E-state index is 0. The lowest BCUT2D eigenvalue weighted by Gasteiger charge is -2.33. The fourth-order valence-electron chi connectivity index (χ4n) is 2.73. The molecule has 0 saturated carbocycles. The Morgan fingerprint density at radius 2 is 2.06 bits per heavy atom. The van der Waals surface area contributed by atoms with Crippen LogP contribution >= 0.6 is 12.4 Å². The van der Waals surface area contributed by atoms with Gasteiger partial charge < -0.3 is 15.0 Å². The molecule has 94 valence electrons. The number of piperidine rings is 1. The Bertz CT molecular complexity index is 242. The lowest BCUT2D eigenvalue weighted by atomic mass is 9.78. The summed E-state index contributed by atoms with van der Waals surface area (Å²) >= 11 is 0. The predicted octanol–water partition coefficient (Wildman–Crippen LogP) is 0.657. The van der Waals surface area contributed by atoms with Gasteiger partial charge in [-0.05, 0) is 37.8 Å². The minimum atomic E-state index is 0. The highest BCUT2D eigenvalue weighted by Gasteiger charge is 2.40. The second kappa shape index (κ2) is 5.84. The van der Waals surface area contributed by atoms with Crippen LogP contribution in [0.25, 0.3) is 0 Å². The lowest BCUT2D eigenvalue weighted by Crippen LogP contribution is -2.40. The second-order valence-electron chi connectivity index (χ2n) is 4.75. The van der Waals surface area contributed by atoms with Gasteiger partial charge in [0, 0.05) is 20.2 Å². The number of hydrogen-bond acceptors (Lipinski definition) is 3. The third-order valence-corrected chi connectivity index (χ3v) is 3.72. The summed E-state index contributed by atoms with van der Waals surface area (Å²) in [5.74, 6) is 0.146. The smallest absolute Gasteiger partial charge is 0.248 e. The molecule has 1 spiro atoms. The molecular weight excluding hydrogens is 228 g/mol. The van der Waals surface area contributed by atoms with Crippen molar-refractivity contribution in [1.82, 2.24) is 10.2 Å². The highest BCUT2D eigenvalue weighted by atomic mass is 35.5. The number of amides is 1. The molecule has 2 aliphatic rings. The molecule has 0 radical (unpaired) electrons. The molecule has 2 heterocycles. The Labute approximate surface area is 103 Å². The fourth-order valence-corrected chi connectivity index (χ4v) is 2.73. The number of likely N-dealkylation sites (tertiary alicyclic amines) is 1. The number of rotatable bonds is 2. The summed E-state index contributed by atoms with van der Waals surface area (Å²) in [6, 6.07) is 0. The molecule has 16 heavy (non-hydrogen) atoms. The molecule has 1 amide bonds. The highest BCUT2D eigenvalue weighted by Crippen LogP contribution is 2.38. The van der Waals surface area contributed by atoms with Crippen LogP contribution in [0.4, 0.5) is 0 Å². The number of hydrogen-bond donors (Lipinski definition) is 1. The van der Waals surface area contributed by atoms with Crippen molar-refractivity contribution < 1.29 is 9.53 Å². The number of nitrogens with zero attached hydrogens (tertiary/aromatic N) is 1.